The Bertz CT molecular complexity index is 1400. The average Bonchev–Trinajstić information content (AvgIpc) is 3.17. The highest BCUT2D eigenvalue weighted by atomic mass is 32.1. The van der Waals surface area contributed by atoms with Crippen LogP contribution in [0.2, 0.25) is 0 Å². The molecule has 0 atom stereocenters. The number of hydrogen-bond donors (Lipinski definition) is 1. The van der Waals surface area contributed by atoms with Crippen LogP contribution in [0.25, 0.3) is 52.8 Å². The first-order chi connectivity index (χ1) is 11.9. The molecule has 6 aromatic rings. The van der Waals surface area contributed by atoms with Crippen LogP contribution < -0.4 is 0 Å². The molecule has 0 fully saturated rings. The molecular weight excluding hydrogens is 310 g/mol. The van der Waals surface area contributed by atoms with Gasteiger partial charge in [-0.15, -0.1) is 11.3 Å². The molecule has 0 unspecified atom stereocenters. The Hall–Kier alpha value is -2.84. The highest BCUT2D eigenvalue weighted by Gasteiger charge is 2.11. The summed E-state index contributed by atoms with van der Waals surface area (Å²) in [5.74, 6) is 0. The lowest BCUT2D eigenvalue weighted by atomic mass is 10.0. The lowest BCUT2D eigenvalue weighted by molar-refractivity contribution is 1.56. The normalized spacial score (nSPS) is 12.2. The Morgan fingerprint density at radius 1 is 0.583 bits per heavy atom. The maximum atomic E-state index is 3.62. The molecule has 0 saturated heterocycles. The topological polar surface area (TPSA) is 15.8 Å². The number of fused-ring (bicyclic) bond motifs is 8. The second kappa shape index (κ2) is 4.37. The fourth-order valence-corrected chi connectivity index (χ4v) is 5.02. The minimum absolute atomic E-state index is 1.21. The third kappa shape index (κ3) is 1.53. The Kier molecular flexibility index (Phi) is 2.29. The first-order valence-electron chi connectivity index (χ1n) is 8.13. The molecule has 24 heavy (non-hydrogen) atoms. The van der Waals surface area contributed by atoms with Gasteiger partial charge in [0.05, 0.1) is 0 Å². The van der Waals surface area contributed by atoms with Crippen LogP contribution in [0.1, 0.15) is 0 Å². The third-order valence-electron chi connectivity index (χ3n) is 4.98. The average molecular weight is 323 g/mol. The molecule has 0 spiro atoms. The van der Waals surface area contributed by atoms with Gasteiger partial charge in [-0.2, -0.15) is 0 Å². The van der Waals surface area contributed by atoms with Gasteiger partial charge in [-0.05, 0) is 35.0 Å². The Morgan fingerprint density at radius 2 is 1.42 bits per heavy atom. The molecule has 0 aliphatic rings. The predicted octanol–water partition coefficient (Wildman–Crippen LogP) is 6.84. The molecule has 2 aromatic heterocycles. The highest BCUT2D eigenvalue weighted by Crippen LogP contribution is 2.39. The van der Waals surface area contributed by atoms with Crippen molar-refractivity contribution in [1.82, 2.24) is 4.98 Å². The van der Waals surface area contributed by atoms with Crippen molar-refractivity contribution in [2.45, 2.75) is 0 Å². The predicted molar refractivity (Wildman–Crippen MR) is 106 cm³/mol. The van der Waals surface area contributed by atoms with Gasteiger partial charge in [0.25, 0.3) is 0 Å². The molecule has 0 radical (unpaired) electrons. The van der Waals surface area contributed by atoms with Crippen molar-refractivity contribution in [3.63, 3.8) is 0 Å². The zero-order chi connectivity index (χ0) is 15.7. The highest BCUT2D eigenvalue weighted by molar-refractivity contribution is 7.25. The summed E-state index contributed by atoms with van der Waals surface area (Å²) in [6, 6.07) is 26.4. The number of aromatic amines is 1. The van der Waals surface area contributed by atoms with Gasteiger partial charge in [0.1, 0.15) is 0 Å². The summed E-state index contributed by atoms with van der Waals surface area (Å²) in [6.45, 7) is 0. The quantitative estimate of drug-likeness (QED) is 0.315. The van der Waals surface area contributed by atoms with Crippen LogP contribution in [-0.4, -0.2) is 4.98 Å². The lowest BCUT2D eigenvalue weighted by Crippen LogP contribution is -1.73. The van der Waals surface area contributed by atoms with Crippen LogP contribution in [0.4, 0.5) is 0 Å². The van der Waals surface area contributed by atoms with Crippen molar-refractivity contribution in [2.24, 2.45) is 0 Å². The Balaban J connectivity index is 1.87. The number of nitrogens with one attached hydrogen (secondary N) is 1. The third-order valence-corrected chi connectivity index (χ3v) is 6.12. The van der Waals surface area contributed by atoms with E-state index in [1.807, 2.05) is 11.3 Å². The molecule has 0 aliphatic carbocycles. The van der Waals surface area contributed by atoms with Gasteiger partial charge in [-0.3, -0.25) is 0 Å². The van der Waals surface area contributed by atoms with Crippen molar-refractivity contribution in [3.05, 3.63) is 72.8 Å². The molecule has 0 amide bonds. The van der Waals surface area contributed by atoms with Crippen LogP contribution >= 0.6 is 11.3 Å². The molecule has 1 N–H and O–H groups in total. The lowest BCUT2D eigenvalue weighted by Gasteiger charge is -2.00. The maximum absolute atomic E-state index is 3.62. The number of thiophene rings is 1. The van der Waals surface area contributed by atoms with E-state index in [0.717, 1.165) is 0 Å². The molecule has 6 rings (SSSR count). The maximum Gasteiger partial charge on any atom is 0.0472 e. The number of benzene rings is 4. The van der Waals surface area contributed by atoms with Gasteiger partial charge in [-0.1, -0.05) is 48.5 Å². The smallest absolute Gasteiger partial charge is 0.0472 e. The molecule has 0 saturated carbocycles. The monoisotopic (exact) mass is 323 g/mol. The summed E-state index contributed by atoms with van der Waals surface area (Å²) < 4.78 is 2.71. The Labute approximate surface area is 142 Å². The van der Waals surface area contributed by atoms with E-state index in [4.69, 9.17) is 0 Å². The van der Waals surface area contributed by atoms with E-state index in [9.17, 15) is 0 Å². The van der Waals surface area contributed by atoms with E-state index in [1.54, 1.807) is 0 Å². The number of hydrogen-bond acceptors (Lipinski definition) is 1. The van der Waals surface area contributed by atoms with E-state index in [0.29, 0.717) is 0 Å². The van der Waals surface area contributed by atoms with E-state index in [-0.39, 0.29) is 0 Å². The molecule has 0 bridgehead atoms. The molecule has 1 nitrogen and oxygen atoms in total. The van der Waals surface area contributed by atoms with Crippen molar-refractivity contribution >= 4 is 64.1 Å². The molecule has 4 aromatic carbocycles. The number of aromatic nitrogens is 1. The second-order valence-corrected chi connectivity index (χ2v) is 7.41. The van der Waals surface area contributed by atoms with E-state index < -0.39 is 0 Å². The van der Waals surface area contributed by atoms with Crippen LogP contribution in [0.15, 0.2) is 72.8 Å². The molecule has 0 aliphatic heterocycles. The molecular formula is C22H13NS. The zero-order valence-electron chi connectivity index (χ0n) is 12.8. The Morgan fingerprint density at radius 3 is 2.38 bits per heavy atom. The van der Waals surface area contributed by atoms with Gasteiger partial charge in [0.2, 0.25) is 0 Å². The minimum Gasteiger partial charge on any atom is -0.354 e. The van der Waals surface area contributed by atoms with Crippen LogP contribution in [0, 0.1) is 0 Å². The second-order valence-electron chi connectivity index (χ2n) is 6.33. The van der Waals surface area contributed by atoms with Crippen molar-refractivity contribution < 1.29 is 0 Å². The SMILES string of the molecule is c1ccc2c(c1)ccc1[nH]c3cc4c(cc3c12)sc1ccccc14. The molecule has 112 valence electrons. The van der Waals surface area contributed by atoms with Gasteiger partial charge < -0.3 is 4.98 Å². The first-order valence-corrected chi connectivity index (χ1v) is 8.94. The number of rotatable bonds is 0. The molecule has 2 heterocycles. The standard InChI is InChI=1S/C22H13NS/c1-2-6-14-13(5-1)9-10-18-22(14)17-12-21-16(11-19(17)23-18)15-7-3-4-8-20(15)24-21/h1-12,23H. The summed E-state index contributed by atoms with van der Waals surface area (Å²) in [5, 5.41) is 7.97. The van der Waals surface area contributed by atoms with Crippen molar-refractivity contribution in [1.29, 1.82) is 0 Å². The summed E-state index contributed by atoms with van der Waals surface area (Å²) in [4.78, 5) is 3.62. The fraction of sp³-hybridized carbons (Fsp3) is 0. The summed E-state index contributed by atoms with van der Waals surface area (Å²) >= 11 is 1.88. The van der Waals surface area contributed by atoms with Crippen molar-refractivity contribution in [3.8, 4) is 0 Å². The van der Waals surface area contributed by atoms with Crippen LogP contribution in [0.5, 0.6) is 0 Å². The first kappa shape index (κ1) is 12.6. The summed E-state index contributed by atoms with van der Waals surface area (Å²) in [6.07, 6.45) is 0. The van der Waals surface area contributed by atoms with Crippen LogP contribution in [-0.2, 0) is 0 Å². The van der Waals surface area contributed by atoms with Gasteiger partial charge in [0, 0.05) is 42.0 Å². The van der Waals surface area contributed by atoms with Gasteiger partial charge in [-0.25, -0.2) is 0 Å². The van der Waals surface area contributed by atoms with E-state index in [2.05, 4.69) is 77.8 Å². The number of H-pyrrole nitrogens is 1. The summed E-state index contributed by atoms with van der Waals surface area (Å²) in [7, 11) is 0. The fourth-order valence-electron chi connectivity index (χ4n) is 3.89. The van der Waals surface area contributed by atoms with E-state index in [1.165, 1.54) is 52.8 Å². The minimum atomic E-state index is 1.21. The van der Waals surface area contributed by atoms with E-state index >= 15 is 0 Å². The molecule has 2 heteroatoms. The summed E-state index contributed by atoms with van der Waals surface area (Å²) in [5.41, 5.74) is 2.43. The van der Waals surface area contributed by atoms with Gasteiger partial charge >= 0.3 is 0 Å². The largest absolute Gasteiger partial charge is 0.354 e. The zero-order valence-corrected chi connectivity index (χ0v) is 13.7. The van der Waals surface area contributed by atoms with Crippen LogP contribution in [0.3, 0.4) is 0 Å². The van der Waals surface area contributed by atoms with Crippen molar-refractivity contribution in [2.75, 3.05) is 0 Å². The van der Waals surface area contributed by atoms with Gasteiger partial charge in [0.15, 0.2) is 0 Å².